The van der Waals surface area contributed by atoms with Crippen molar-refractivity contribution in [3.63, 3.8) is 0 Å². The molecule has 1 fully saturated rings. The third-order valence-electron chi connectivity index (χ3n) is 4.39. The zero-order valence-electron chi connectivity index (χ0n) is 13.6. The number of nitrogens with one attached hydrogen (secondary N) is 2. The number of alkyl halides is 3. The molecule has 3 N–H and O–H groups in total. The highest BCUT2D eigenvalue weighted by Crippen LogP contribution is 2.45. The maximum absolute atomic E-state index is 13.7. The molecule has 27 heavy (non-hydrogen) atoms. The molecule has 0 spiro atoms. The number of urea groups is 1. The Bertz CT molecular complexity index is 876. The number of aliphatic hydroxyl groups is 1. The molecule has 2 amide bonds. The van der Waals surface area contributed by atoms with E-state index in [0.29, 0.717) is 0 Å². The number of benzene rings is 2. The second kappa shape index (κ2) is 6.86. The van der Waals surface area contributed by atoms with Crippen LogP contribution in [0.1, 0.15) is 22.0 Å². The predicted molar refractivity (Wildman–Crippen MR) is 91.1 cm³/mol. The fourth-order valence-electron chi connectivity index (χ4n) is 3.11. The third-order valence-corrected chi connectivity index (χ3v) is 4.73. The maximum atomic E-state index is 13.7. The smallest absolute Gasteiger partial charge is 0.363 e. The van der Waals surface area contributed by atoms with Crippen LogP contribution in [0.25, 0.3) is 0 Å². The van der Waals surface area contributed by atoms with Gasteiger partial charge in [0.2, 0.25) is 5.72 Å². The van der Waals surface area contributed by atoms with Crippen LogP contribution < -0.4 is 10.6 Å². The van der Waals surface area contributed by atoms with Gasteiger partial charge in [-0.25, -0.2) is 4.79 Å². The lowest BCUT2D eigenvalue weighted by atomic mass is 9.77. The molecule has 1 heterocycles. The van der Waals surface area contributed by atoms with Gasteiger partial charge in [-0.15, -0.1) is 0 Å². The van der Waals surface area contributed by atoms with Crippen molar-refractivity contribution in [2.24, 2.45) is 5.92 Å². The lowest BCUT2D eigenvalue weighted by Crippen LogP contribution is -2.72. The summed E-state index contributed by atoms with van der Waals surface area (Å²) in [6, 6.07) is 10.3. The third kappa shape index (κ3) is 3.38. The van der Waals surface area contributed by atoms with Crippen LogP contribution in [0.5, 0.6) is 0 Å². The monoisotopic (exact) mass is 398 g/mol. The van der Waals surface area contributed by atoms with Crippen LogP contribution in [-0.4, -0.2) is 28.8 Å². The fraction of sp³-hybridized carbons (Fsp3) is 0.222. The largest absolute Gasteiger partial charge is 0.437 e. The van der Waals surface area contributed by atoms with Crippen LogP contribution in [0.15, 0.2) is 54.6 Å². The Kier molecular flexibility index (Phi) is 4.88. The van der Waals surface area contributed by atoms with Gasteiger partial charge in [-0.2, -0.15) is 13.2 Å². The molecule has 0 radical (unpaired) electrons. The quantitative estimate of drug-likeness (QED) is 0.693. The van der Waals surface area contributed by atoms with Gasteiger partial charge >= 0.3 is 12.2 Å². The minimum atomic E-state index is -5.31. The molecule has 9 heteroatoms. The number of Topliss-reactive ketones (excluding diaryl/α,β-unsaturated/α-hetero) is 1. The average Bonchev–Trinajstić information content (AvgIpc) is 2.61. The molecule has 0 saturated carbocycles. The van der Waals surface area contributed by atoms with Gasteiger partial charge in [0.1, 0.15) is 5.92 Å². The Labute approximate surface area is 157 Å². The highest BCUT2D eigenvalue weighted by atomic mass is 35.5. The van der Waals surface area contributed by atoms with Crippen LogP contribution in [-0.2, 0) is 0 Å². The summed E-state index contributed by atoms with van der Waals surface area (Å²) in [4.78, 5) is 24.9. The number of ketones is 1. The second-order valence-electron chi connectivity index (χ2n) is 6.07. The van der Waals surface area contributed by atoms with Crippen molar-refractivity contribution < 1.29 is 27.9 Å². The molecule has 1 aliphatic rings. The van der Waals surface area contributed by atoms with Gasteiger partial charge in [0.25, 0.3) is 0 Å². The maximum Gasteiger partial charge on any atom is 0.437 e. The molecule has 0 aromatic heterocycles. The van der Waals surface area contributed by atoms with Crippen molar-refractivity contribution in [3.8, 4) is 0 Å². The van der Waals surface area contributed by atoms with E-state index in [1.54, 1.807) is 12.1 Å². The van der Waals surface area contributed by atoms with Gasteiger partial charge < -0.3 is 15.7 Å². The predicted octanol–water partition coefficient (Wildman–Crippen LogP) is 3.44. The molecule has 0 unspecified atom stereocenters. The standard InChI is InChI=1S/C18H14ClF3N2O3/c19-12-9-5-4-8-11(12)14-13(15(25)10-6-2-1-3-7-10)17(27,18(20,21)22)24-16(26)23-14/h1-9,13-14,27H,(H2,23,24,26)/t13-,14+,17-/m1/s1. The molecule has 1 aliphatic heterocycles. The van der Waals surface area contributed by atoms with E-state index in [1.807, 2.05) is 0 Å². The summed E-state index contributed by atoms with van der Waals surface area (Å²) in [7, 11) is 0. The molecule has 2 aromatic rings. The van der Waals surface area contributed by atoms with Crippen molar-refractivity contribution in [1.82, 2.24) is 10.6 Å². The summed E-state index contributed by atoms with van der Waals surface area (Å²) in [5.41, 5.74) is -3.72. The van der Waals surface area contributed by atoms with E-state index in [4.69, 9.17) is 11.6 Å². The summed E-state index contributed by atoms with van der Waals surface area (Å²) in [6.07, 6.45) is -5.31. The first-order chi connectivity index (χ1) is 12.6. The first kappa shape index (κ1) is 19.2. The summed E-state index contributed by atoms with van der Waals surface area (Å²) in [5, 5.41) is 14.2. The molecular weight excluding hydrogens is 385 g/mol. The Hall–Kier alpha value is -2.58. The van der Waals surface area contributed by atoms with Crippen molar-refractivity contribution in [2.45, 2.75) is 17.9 Å². The van der Waals surface area contributed by atoms with Crippen molar-refractivity contribution in [2.75, 3.05) is 0 Å². The summed E-state index contributed by atoms with van der Waals surface area (Å²) < 4.78 is 41.2. The Balaban J connectivity index is 2.19. The molecule has 1 saturated heterocycles. The fourth-order valence-corrected chi connectivity index (χ4v) is 3.36. The van der Waals surface area contributed by atoms with Gasteiger partial charge in [0, 0.05) is 10.6 Å². The number of rotatable bonds is 3. The number of amides is 2. The van der Waals surface area contributed by atoms with E-state index >= 15 is 0 Å². The van der Waals surface area contributed by atoms with Crippen molar-refractivity contribution in [3.05, 3.63) is 70.7 Å². The van der Waals surface area contributed by atoms with Crippen LogP contribution in [0, 0.1) is 5.92 Å². The highest BCUT2D eigenvalue weighted by molar-refractivity contribution is 6.31. The summed E-state index contributed by atoms with van der Waals surface area (Å²) >= 11 is 6.08. The normalized spacial score (nSPS) is 25.4. The number of carbonyl (C=O) groups excluding carboxylic acids is 2. The van der Waals surface area contributed by atoms with Crippen molar-refractivity contribution >= 4 is 23.4 Å². The minimum absolute atomic E-state index is 0.0415. The average molecular weight is 399 g/mol. The lowest BCUT2D eigenvalue weighted by Gasteiger charge is -2.45. The van der Waals surface area contributed by atoms with E-state index in [-0.39, 0.29) is 16.1 Å². The zero-order chi connectivity index (χ0) is 19.8. The van der Waals surface area contributed by atoms with Crippen LogP contribution >= 0.6 is 11.6 Å². The topological polar surface area (TPSA) is 78.4 Å². The SMILES string of the molecule is O=C1N[C@@H](c2ccccc2Cl)[C@H](C(=O)c2ccccc2)[C@@](O)(C(F)(F)F)N1. The van der Waals surface area contributed by atoms with Gasteiger partial charge in [-0.3, -0.25) is 4.79 Å². The molecular formula is C18H14ClF3N2O3. The van der Waals surface area contributed by atoms with E-state index < -0.39 is 35.7 Å². The van der Waals surface area contributed by atoms with Gasteiger partial charge in [-0.05, 0) is 11.6 Å². The van der Waals surface area contributed by atoms with Gasteiger partial charge in [-0.1, -0.05) is 60.1 Å². The Morgan fingerprint density at radius 2 is 1.67 bits per heavy atom. The van der Waals surface area contributed by atoms with E-state index in [2.05, 4.69) is 5.32 Å². The zero-order valence-corrected chi connectivity index (χ0v) is 14.4. The highest BCUT2D eigenvalue weighted by Gasteiger charge is 2.66. The van der Waals surface area contributed by atoms with E-state index in [0.717, 1.165) is 0 Å². The number of carbonyl (C=O) groups is 2. The van der Waals surface area contributed by atoms with Gasteiger partial charge in [0.15, 0.2) is 5.78 Å². The molecule has 5 nitrogen and oxygen atoms in total. The Morgan fingerprint density at radius 3 is 2.26 bits per heavy atom. The number of hydrogen-bond donors (Lipinski definition) is 3. The van der Waals surface area contributed by atoms with Crippen LogP contribution in [0.4, 0.5) is 18.0 Å². The lowest BCUT2D eigenvalue weighted by molar-refractivity contribution is -0.287. The van der Waals surface area contributed by atoms with E-state index in [1.165, 1.54) is 47.8 Å². The van der Waals surface area contributed by atoms with Crippen LogP contribution in [0.2, 0.25) is 5.02 Å². The number of hydrogen-bond acceptors (Lipinski definition) is 3. The Morgan fingerprint density at radius 1 is 1.07 bits per heavy atom. The second-order valence-corrected chi connectivity index (χ2v) is 6.48. The first-order valence-corrected chi connectivity index (χ1v) is 8.24. The molecule has 0 bridgehead atoms. The molecule has 0 aliphatic carbocycles. The number of halogens is 4. The molecule has 142 valence electrons. The molecule has 3 atom stereocenters. The first-order valence-electron chi connectivity index (χ1n) is 7.86. The van der Waals surface area contributed by atoms with Gasteiger partial charge in [0.05, 0.1) is 6.04 Å². The molecule has 2 aromatic carbocycles. The van der Waals surface area contributed by atoms with E-state index in [9.17, 15) is 27.9 Å². The van der Waals surface area contributed by atoms with Crippen molar-refractivity contribution in [1.29, 1.82) is 0 Å². The van der Waals surface area contributed by atoms with Crippen LogP contribution in [0.3, 0.4) is 0 Å². The summed E-state index contributed by atoms with van der Waals surface area (Å²) in [5.74, 6) is -3.09. The minimum Gasteiger partial charge on any atom is -0.363 e. The molecule has 3 rings (SSSR count). The summed E-state index contributed by atoms with van der Waals surface area (Å²) in [6.45, 7) is 0.